The first-order valence-corrected chi connectivity index (χ1v) is 11.0. The fourth-order valence-electron chi connectivity index (χ4n) is 4.99. The van der Waals surface area contributed by atoms with Gasteiger partial charge in [-0.15, -0.1) is 13.2 Å². The van der Waals surface area contributed by atoms with Crippen LogP contribution in [-0.4, -0.2) is 22.9 Å². The van der Waals surface area contributed by atoms with Gasteiger partial charge in [-0.05, 0) is 62.5 Å². The molecule has 8 heteroatoms. The first kappa shape index (κ1) is 20.2. The summed E-state index contributed by atoms with van der Waals surface area (Å²) in [4.78, 5) is 0. The molecule has 1 heterocycles. The van der Waals surface area contributed by atoms with E-state index < -0.39 is 6.36 Å². The van der Waals surface area contributed by atoms with Crippen molar-refractivity contribution < 1.29 is 27.2 Å². The summed E-state index contributed by atoms with van der Waals surface area (Å²) in [5.41, 5.74) is 1.39. The summed E-state index contributed by atoms with van der Waals surface area (Å²) in [6.07, 6.45) is 1.73. The molecule has 2 aromatic rings. The summed E-state index contributed by atoms with van der Waals surface area (Å²) in [6.45, 7) is 0.284. The van der Waals surface area contributed by atoms with E-state index in [-0.39, 0.29) is 29.9 Å². The molecular formula is C22H24F3NO3S. The Kier molecular flexibility index (Phi) is 5.25. The largest absolute Gasteiger partial charge is 0.573 e. The molecular weight excluding hydrogens is 415 g/mol. The van der Waals surface area contributed by atoms with Gasteiger partial charge in [0.25, 0.3) is 0 Å². The Labute approximate surface area is 178 Å². The van der Waals surface area contributed by atoms with Gasteiger partial charge in [0.15, 0.2) is 0 Å². The molecule has 1 aromatic heterocycles. The van der Waals surface area contributed by atoms with Crippen LogP contribution in [0.2, 0.25) is 0 Å². The molecule has 30 heavy (non-hydrogen) atoms. The van der Waals surface area contributed by atoms with Gasteiger partial charge in [-0.2, -0.15) is 12.6 Å². The first-order valence-electron chi connectivity index (χ1n) is 10.5. The molecule has 4 atom stereocenters. The summed E-state index contributed by atoms with van der Waals surface area (Å²) in [7, 11) is 0. The number of rotatable bonds is 6. The predicted molar refractivity (Wildman–Crippen MR) is 107 cm³/mol. The Morgan fingerprint density at radius 1 is 1.07 bits per heavy atom. The Balaban J connectivity index is 1.40. The van der Waals surface area contributed by atoms with Gasteiger partial charge >= 0.3 is 6.36 Å². The molecule has 0 saturated heterocycles. The summed E-state index contributed by atoms with van der Waals surface area (Å²) in [5.74, 6) is 1.89. The topological polar surface area (TPSA) is 44.5 Å². The van der Waals surface area contributed by atoms with Crippen molar-refractivity contribution in [1.29, 1.82) is 0 Å². The Morgan fingerprint density at radius 3 is 2.43 bits per heavy atom. The average molecular weight is 439 g/mol. The molecule has 3 aliphatic carbocycles. The van der Waals surface area contributed by atoms with Gasteiger partial charge in [0.05, 0.1) is 12.7 Å². The van der Waals surface area contributed by atoms with Crippen LogP contribution in [0, 0.1) is 11.8 Å². The van der Waals surface area contributed by atoms with Crippen molar-refractivity contribution in [2.75, 3.05) is 0 Å². The zero-order valence-corrected chi connectivity index (χ0v) is 17.3. The van der Waals surface area contributed by atoms with Gasteiger partial charge < -0.3 is 14.0 Å². The van der Waals surface area contributed by atoms with E-state index in [1.807, 2.05) is 0 Å². The van der Waals surface area contributed by atoms with Crippen LogP contribution in [0.5, 0.6) is 5.75 Å². The molecule has 1 aromatic carbocycles. The third-order valence-electron chi connectivity index (χ3n) is 6.60. The summed E-state index contributed by atoms with van der Waals surface area (Å²) in [5, 5.41) is 4.60. The lowest BCUT2D eigenvalue weighted by atomic mass is 9.86. The van der Waals surface area contributed by atoms with E-state index in [9.17, 15) is 13.2 Å². The van der Waals surface area contributed by atoms with E-state index in [1.54, 1.807) is 12.1 Å². The van der Waals surface area contributed by atoms with Crippen molar-refractivity contribution in [2.45, 2.75) is 68.8 Å². The van der Waals surface area contributed by atoms with Gasteiger partial charge in [-0.3, -0.25) is 0 Å². The molecule has 162 valence electrons. The van der Waals surface area contributed by atoms with Crippen molar-refractivity contribution in [3.8, 4) is 17.0 Å². The normalized spacial score (nSPS) is 28.7. The number of fused-ring (bicyclic) bond motifs is 2. The van der Waals surface area contributed by atoms with Gasteiger partial charge in [-0.1, -0.05) is 17.3 Å². The molecule has 0 N–H and O–H groups in total. The van der Waals surface area contributed by atoms with E-state index in [0.717, 1.165) is 37.0 Å². The molecule has 0 radical (unpaired) electrons. The molecule has 3 fully saturated rings. The van der Waals surface area contributed by atoms with Gasteiger partial charge in [-0.25, -0.2) is 0 Å². The zero-order chi connectivity index (χ0) is 20.9. The highest BCUT2D eigenvalue weighted by Gasteiger charge is 2.42. The first-order chi connectivity index (χ1) is 14.4. The number of halogens is 3. The quantitative estimate of drug-likeness (QED) is 0.551. The lowest BCUT2D eigenvalue weighted by Crippen LogP contribution is -2.31. The lowest BCUT2D eigenvalue weighted by Gasteiger charge is -2.32. The maximum atomic E-state index is 12.9. The molecule has 0 spiro atoms. The van der Waals surface area contributed by atoms with Crippen LogP contribution in [0.1, 0.15) is 55.8 Å². The van der Waals surface area contributed by atoms with Crippen LogP contribution in [-0.2, 0) is 11.3 Å². The monoisotopic (exact) mass is 439 g/mol. The highest BCUT2D eigenvalue weighted by Crippen LogP contribution is 2.48. The number of thiol groups is 1. The minimum atomic E-state index is -4.78. The zero-order valence-electron chi connectivity index (χ0n) is 16.4. The minimum absolute atomic E-state index is 0.141. The van der Waals surface area contributed by atoms with Crippen LogP contribution in [0.4, 0.5) is 13.2 Å². The summed E-state index contributed by atoms with van der Waals surface area (Å²) in [6, 6.07) is 6.05. The second kappa shape index (κ2) is 7.79. The fourth-order valence-corrected chi connectivity index (χ4v) is 5.53. The fraction of sp³-hybridized carbons (Fsp3) is 0.591. The number of hydrogen-bond donors (Lipinski definition) is 1. The number of ether oxygens (including phenoxy) is 2. The minimum Gasteiger partial charge on any atom is -0.405 e. The van der Waals surface area contributed by atoms with Crippen molar-refractivity contribution in [3.05, 3.63) is 35.6 Å². The van der Waals surface area contributed by atoms with E-state index in [0.29, 0.717) is 22.8 Å². The molecule has 4 nitrogen and oxygen atoms in total. The Hall–Kier alpha value is -1.67. The van der Waals surface area contributed by atoms with Crippen LogP contribution in [0.3, 0.4) is 0 Å². The van der Waals surface area contributed by atoms with E-state index in [2.05, 4.69) is 9.89 Å². The molecule has 2 unspecified atom stereocenters. The number of para-hydroxylation sites is 1. The third kappa shape index (κ3) is 4.08. The molecule has 0 amide bonds. The van der Waals surface area contributed by atoms with E-state index in [4.69, 9.17) is 21.9 Å². The SMILES string of the molecule is FC(F)(F)Oc1ccccc1-c1noc(C2CC2)c1COC1C[C@H]2CC[C@@H](C1)C2S. The number of nitrogens with zero attached hydrogens (tertiary/aromatic N) is 1. The molecule has 0 aliphatic heterocycles. The molecule has 2 bridgehead atoms. The van der Waals surface area contributed by atoms with E-state index >= 15 is 0 Å². The predicted octanol–water partition coefficient (Wildman–Crippen LogP) is 6.12. The third-order valence-corrected chi connectivity index (χ3v) is 7.45. The molecule has 3 aliphatic rings. The van der Waals surface area contributed by atoms with Crippen molar-refractivity contribution in [2.24, 2.45) is 11.8 Å². The summed E-state index contributed by atoms with van der Waals surface area (Å²) >= 11 is 4.76. The summed E-state index contributed by atoms with van der Waals surface area (Å²) < 4.78 is 54.8. The second-order valence-electron chi connectivity index (χ2n) is 8.68. The van der Waals surface area contributed by atoms with Crippen molar-refractivity contribution >= 4 is 12.6 Å². The molecule has 5 rings (SSSR count). The second-order valence-corrected chi connectivity index (χ2v) is 9.28. The number of aromatic nitrogens is 1. The van der Waals surface area contributed by atoms with Gasteiger partial charge in [0.2, 0.25) is 0 Å². The van der Waals surface area contributed by atoms with Crippen LogP contribution in [0.25, 0.3) is 11.3 Å². The number of benzene rings is 1. The lowest BCUT2D eigenvalue weighted by molar-refractivity contribution is -0.274. The van der Waals surface area contributed by atoms with Crippen LogP contribution in [0.15, 0.2) is 28.8 Å². The number of alkyl halides is 3. The Morgan fingerprint density at radius 2 is 1.77 bits per heavy atom. The van der Waals surface area contributed by atoms with Crippen LogP contribution < -0.4 is 4.74 Å². The highest BCUT2D eigenvalue weighted by atomic mass is 32.1. The average Bonchev–Trinajstić information content (AvgIpc) is 3.42. The van der Waals surface area contributed by atoms with E-state index in [1.165, 1.54) is 25.0 Å². The van der Waals surface area contributed by atoms with Crippen molar-refractivity contribution in [3.63, 3.8) is 0 Å². The van der Waals surface area contributed by atoms with Crippen LogP contribution >= 0.6 is 12.6 Å². The highest BCUT2D eigenvalue weighted by molar-refractivity contribution is 7.81. The number of hydrogen-bond acceptors (Lipinski definition) is 5. The van der Waals surface area contributed by atoms with Gasteiger partial charge in [0, 0.05) is 22.3 Å². The maximum Gasteiger partial charge on any atom is 0.573 e. The Bertz CT molecular complexity index is 897. The smallest absolute Gasteiger partial charge is 0.405 e. The van der Waals surface area contributed by atoms with Gasteiger partial charge in [0.1, 0.15) is 17.2 Å². The maximum absolute atomic E-state index is 12.9. The molecule has 3 saturated carbocycles. The van der Waals surface area contributed by atoms with Crippen molar-refractivity contribution in [1.82, 2.24) is 5.16 Å². The standard InChI is InChI=1S/C22H24F3NO3S/c23-22(24,25)28-18-4-2-1-3-16(18)19-17(20(29-26-19)12-5-6-12)11-27-15-9-13-7-8-14(10-15)21(13)30/h1-4,12-15,21,30H,5-11H2/t13-,14+,15?,21?.